The highest BCUT2D eigenvalue weighted by atomic mass is 16.5. The number of carbonyl (C=O) groups is 2. The Morgan fingerprint density at radius 1 is 1.38 bits per heavy atom. The number of nitrogens with zero attached hydrogens (tertiary/aromatic N) is 1. The maximum atomic E-state index is 12.8. The van der Waals surface area contributed by atoms with Crippen LogP contribution in [0.1, 0.15) is 35.7 Å². The largest absolute Gasteiger partial charge is 0.478 e. The maximum Gasteiger partial charge on any atom is 0.336 e. The highest BCUT2D eigenvalue weighted by molar-refractivity contribution is 5.99. The minimum Gasteiger partial charge on any atom is -0.478 e. The lowest BCUT2D eigenvalue weighted by molar-refractivity contribution is -0.123. The molecule has 0 spiro atoms. The minimum atomic E-state index is -0.932. The van der Waals surface area contributed by atoms with E-state index in [2.05, 4.69) is 0 Å². The van der Waals surface area contributed by atoms with Crippen molar-refractivity contribution in [1.82, 2.24) is 0 Å². The van der Waals surface area contributed by atoms with E-state index in [1.165, 1.54) is 0 Å². The van der Waals surface area contributed by atoms with Crippen molar-refractivity contribution in [2.24, 2.45) is 5.92 Å². The van der Waals surface area contributed by atoms with Crippen LogP contribution in [-0.2, 0) is 16.0 Å². The topological polar surface area (TPSA) is 66.8 Å². The van der Waals surface area contributed by atoms with Gasteiger partial charge in [0.15, 0.2) is 0 Å². The lowest BCUT2D eigenvalue weighted by Crippen LogP contribution is -2.42. The van der Waals surface area contributed by atoms with Gasteiger partial charge in [0, 0.05) is 18.8 Å². The Hall–Kier alpha value is -1.88. The number of carboxylic acids is 1. The van der Waals surface area contributed by atoms with Gasteiger partial charge in [0.25, 0.3) is 0 Å². The van der Waals surface area contributed by atoms with E-state index in [0.29, 0.717) is 25.1 Å². The van der Waals surface area contributed by atoms with Gasteiger partial charge in [-0.25, -0.2) is 4.79 Å². The van der Waals surface area contributed by atoms with Crippen molar-refractivity contribution < 1.29 is 19.4 Å². The lowest BCUT2D eigenvalue weighted by atomic mass is 9.93. The first-order valence-corrected chi connectivity index (χ1v) is 7.37. The molecule has 0 saturated carbocycles. The molecule has 5 heteroatoms. The molecule has 1 fully saturated rings. The first kappa shape index (κ1) is 14.1. The van der Waals surface area contributed by atoms with Crippen LogP contribution in [0.25, 0.3) is 0 Å². The average Bonchev–Trinajstić information content (AvgIpc) is 2.91. The summed E-state index contributed by atoms with van der Waals surface area (Å²) in [5.74, 6) is -0.994. The normalized spacial score (nSPS) is 24.7. The van der Waals surface area contributed by atoms with Gasteiger partial charge >= 0.3 is 5.97 Å². The van der Waals surface area contributed by atoms with Crippen LogP contribution in [0, 0.1) is 5.92 Å². The Morgan fingerprint density at radius 2 is 2.19 bits per heavy atom. The summed E-state index contributed by atoms with van der Waals surface area (Å²) in [5.41, 5.74) is 1.84. The van der Waals surface area contributed by atoms with E-state index in [4.69, 9.17) is 4.74 Å². The van der Waals surface area contributed by atoms with Gasteiger partial charge in [0.1, 0.15) is 0 Å². The van der Waals surface area contributed by atoms with Gasteiger partial charge in [-0.05, 0) is 43.9 Å². The summed E-state index contributed by atoms with van der Waals surface area (Å²) < 4.78 is 5.49. The fourth-order valence-corrected chi connectivity index (χ4v) is 3.31. The summed E-state index contributed by atoms with van der Waals surface area (Å²) in [6.45, 7) is 3.19. The van der Waals surface area contributed by atoms with Crippen molar-refractivity contribution in [2.45, 2.75) is 32.3 Å². The van der Waals surface area contributed by atoms with Gasteiger partial charge in [-0.3, -0.25) is 4.79 Å². The van der Waals surface area contributed by atoms with Gasteiger partial charge < -0.3 is 14.7 Å². The molecular formula is C16H19NO4. The monoisotopic (exact) mass is 289 g/mol. The predicted molar refractivity (Wildman–Crippen MR) is 77.6 cm³/mol. The van der Waals surface area contributed by atoms with Crippen LogP contribution in [-0.4, -0.2) is 36.2 Å². The number of carboxylic acid groups (broad SMARTS) is 1. The van der Waals surface area contributed by atoms with E-state index in [9.17, 15) is 14.7 Å². The molecule has 0 aromatic heterocycles. The molecule has 2 unspecified atom stereocenters. The van der Waals surface area contributed by atoms with Crippen LogP contribution >= 0.6 is 0 Å². The number of aromatic carboxylic acids is 1. The first-order valence-electron chi connectivity index (χ1n) is 7.37. The summed E-state index contributed by atoms with van der Waals surface area (Å²) in [6.07, 6.45) is 2.18. The lowest BCUT2D eigenvalue weighted by Gasteiger charge is -2.32. The summed E-state index contributed by atoms with van der Waals surface area (Å²) in [7, 11) is 0. The second-order valence-corrected chi connectivity index (χ2v) is 5.67. The molecule has 2 atom stereocenters. The standard InChI is InChI=1S/C16H19NO4/c1-10-11(7-9-21-10)15(18)17-8-3-5-12-13(16(19)20)4-2-6-14(12)17/h2,4,6,10-11H,3,5,7-9H2,1H3,(H,19,20). The molecule has 1 saturated heterocycles. The van der Waals surface area contributed by atoms with Crippen molar-refractivity contribution in [3.63, 3.8) is 0 Å². The van der Waals surface area contributed by atoms with Crippen LogP contribution in [0.2, 0.25) is 0 Å². The van der Waals surface area contributed by atoms with E-state index in [1.54, 1.807) is 17.0 Å². The number of hydrogen-bond acceptors (Lipinski definition) is 3. The third kappa shape index (κ3) is 2.42. The fourth-order valence-electron chi connectivity index (χ4n) is 3.31. The van der Waals surface area contributed by atoms with E-state index in [0.717, 1.165) is 24.1 Å². The van der Waals surface area contributed by atoms with Crippen molar-refractivity contribution in [3.05, 3.63) is 29.3 Å². The molecule has 1 aromatic carbocycles. The molecule has 3 rings (SSSR count). The van der Waals surface area contributed by atoms with Gasteiger partial charge in [-0.2, -0.15) is 0 Å². The maximum absolute atomic E-state index is 12.8. The summed E-state index contributed by atoms with van der Waals surface area (Å²) >= 11 is 0. The van der Waals surface area contributed by atoms with Gasteiger partial charge in [0.2, 0.25) is 5.91 Å². The molecule has 0 aliphatic carbocycles. The van der Waals surface area contributed by atoms with Gasteiger partial charge in [-0.15, -0.1) is 0 Å². The van der Waals surface area contributed by atoms with Crippen molar-refractivity contribution in [3.8, 4) is 0 Å². The number of benzene rings is 1. The second-order valence-electron chi connectivity index (χ2n) is 5.67. The number of fused-ring (bicyclic) bond motifs is 1. The highest BCUT2D eigenvalue weighted by Gasteiger charge is 2.36. The van der Waals surface area contributed by atoms with E-state index in [-0.39, 0.29) is 17.9 Å². The Labute approximate surface area is 123 Å². The number of carbonyl (C=O) groups excluding carboxylic acids is 1. The SMILES string of the molecule is CC1OCCC1C(=O)N1CCCc2c(C(=O)O)cccc21. The zero-order chi connectivity index (χ0) is 15.0. The van der Waals surface area contributed by atoms with E-state index >= 15 is 0 Å². The molecule has 5 nitrogen and oxygen atoms in total. The van der Waals surface area contributed by atoms with Gasteiger partial charge in [0.05, 0.1) is 17.6 Å². The number of amides is 1. The van der Waals surface area contributed by atoms with Gasteiger partial charge in [-0.1, -0.05) is 6.07 Å². The van der Waals surface area contributed by atoms with Crippen LogP contribution in [0.4, 0.5) is 5.69 Å². The van der Waals surface area contributed by atoms with E-state index in [1.807, 2.05) is 13.0 Å². The Bertz CT molecular complexity index is 584. The number of ether oxygens (including phenoxy) is 1. The molecule has 0 bridgehead atoms. The smallest absolute Gasteiger partial charge is 0.336 e. The zero-order valence-electron chi connectivity index (χ0n) is 12.0. The first-order chi connectivity index (χ1) is 10.1. The van der Waals surface area contributed by atoms with Crippen LogP contribution in [0.3, 0.4) is 0 Å². The van der Waals surface area contributed by atoms with Crippen LogP contribution < -0.4 is 4.90 Å². The minimum absolute atomic E-state index is 0.0588. The summed E-state index contributed by atoms with van der Waals surface area (Å²) in [6, 6.07) is 5.16. The molecule has 2 aliphatic rings. The summed E-state index contributed by atoms with van der Waals surface area (Å²) in [5, 5.41) is 9.30. The zero-order valence-corrected chi connectivity index (χ0v) is 12.0. The van der Waals surface area contributed by atoms with Crippen molar-refractivity contribution >= 4 is 17.6 Å². The quantitative estimate of drug-likeness (QED) is 0.905. The Balaban J connectivity index is 1.95. The van der Waals surface area contributed by atoms with Crippen molar-refractivity contribution in [2.75, 3.05) is 18.1 Å². The highest BCUT2D eigenvalue weighted by Crippen LogP contribution is 2.33. The molecule has 2 heterocycles. The molecule has 1 aromatic rings. The molecule has 21 heavy (non-hydrogen) atoms. The van der Waals surface area contributed by atoms with Crippen molar-refractivity contribution in [1.29, 1.82) is 0 Å². The number of anilines is 1. The molecular weight excluding hydrogens is 270 g/mol. The fraction of sp³-hybridized carbons (Fsp3) is 0.500. The predicted octanol–water partition coefficient (Wildman–Crippen LogP) is 2.09. The molecule has 1 N–H and O–H groups in total. The number of rotatable bonds is 2. The summed E-state index contributed by atoms with van der Waals surface area (Å²) in [4.78, 5) is 25.8. The molecule has 2 aliphatic heterocycles. The van der Waals surface area contributed by atoms with Crippen LogP contribution in [0.5, 0.6) is 0 Å². The second kappa shape index (κ2) is 5.48. The number of hydrogen-bond donors (Lipinski definition) is 1. The average molecular weight is 289 g/mol. The molecule has 1 amide bonds. The third-order valence-electron chi connectivity index (χ3n) is 4.44. The molecule has 0 radical (unpaired) electrons. The van der Waals surface area contributed by atoms with E-state index < -0.39 is 5.97 Å². The molecule has 112 valence electrons. The third-order valence-corrected chi connectivity index (χ3v) is 4.44. The van der Waals surface area contributed by atoms with Crippen LogP contribution in [0.15, 0.2) is 18.2 Å². The Kier molecular flexibility index (Phi) is 3.68. The Morgan fingerprint density at radius 3 is 2.86 bits per heavy atom.